The first-order valence-corrected chi connectivity index (χ1v) is 7.80. The van der Waals surface area contributed by atoms with E-state index in [0.29, 0.717) is 0 Å². The van der Waals surface area contributed by atoms with Crippen LogP contribution in [0.15, 0.2) is 24.3 Å². The van der Waals surface area contributed by atoms with Crippen molar-refractivity contribution in [2.45, 2.75) is 32.4 Å². The standard InChI is InChI=1S/C12H18OSi/c1-3-14(10-4-9-13-14)12-7-5-11(2)6-8-12/h5-8H,3-4,9-10H2,1-2H3. The van der Waals surface area contributed by atoms with Crippen LogP contribution in [0.3, 0.4) is 0 Å². The van der Waals surface area contributed by atoms with Gasteiger partial charge in [0.15, 0.2) is 0 Å². The number of rotatable bonds is 2. The van der Waals surface area contributed by atoms with Crippen molar-refractivity contribution in [3.63, 3.8) is 0 Å². The second kappa shape index (κ2) is 3.87. The van der Waals surface area contributed by atoms with Crippen LogP contribution in [-0.4, -0.2) is 14.9 Å². The Labute approximate surface area is 87.2 Å². The molecule has 0 saturated carbocycles. The molecule has 1 aromatic carbocycles. The quantitative estimate of drug-likeness (QED) is 0.676. The zero-order chi connectivity index (χ0) is 10.0. The van der Waals surface area contributed by atoms with Gasteiger partial charge in [0, 0.05) is 6.61 Å². The van der Waals surface area contributed by atoms with Gasteiger partial charge in [-0.15, -0.1) is 0 Å². The van der Waals surface area contributed by atoms with Crippen LogP contribution in [-0.2, 0) is 4.43 Å². The molecule has 1 nitrogen and oxygen atoms in total. The van der Waals surface area contributed by atoms with E-state index in [1.807, 2.05) is 0 Å². The Morgan fingerprint density at radius 1 is 1.29 bits per heavy atom. The fraction of sp³-hybridized carbons (Fsp3) is 0.500. The Hall–Kier alpha value is -0.603. The summed E-state index contributed by atoms with van der Waals surface area (Å²) in [7, 11) is -1.51. The summed E-state index contributed by atoms with van der Waals surface area (Å²) in [6.07, 6.45) is 1.26. The molecule has 76 valence electrons. The topological polar surface area (TPSA) is 9.23 Å². The minimum Gasteiger partial charge on any atom is -0.412 e. The molecule has 1 saturated heterocycles. The molecule has 0 spiro atoms. The Kier molecular flexibility index (Phi) is 2.75. The predicted molar refractivity (Wildman–Crippen MR) is 62.4 cm³/mol. The average Bonchev–Trinajstić information content (AvgIpc) is 2.68. The lowest BCUT2D eigenvalue weighted by Gasteiger charge is -2.24. The highest BCUT2D eigenvalue weighted by Crippen LogP contribution is 2.25. The Morgan fingerprint density at radius 2 is 2.00 bits per heavy atom. The first-order valence-electron chi connectivity index (χ1n) is 5.48. The zero-order valence-electron chi connectivity index (χ0n) is 9.05. The van der Waals surface area contributed by atoms with Crippen molar-refractivity contribution in [3.8, 4) is 0 Å². The molecule has 2 heteroatoms. The van der Waals surface area contributed by atoms with Crippen molar-refractivity contribution in [1.29, 1.82) is 0 Å². The molecule has 2 rings (SSSR count). The van der Waals surface area contributed by atoms with E-state index in [1.54, 1.807) is 0 Å². The molecule has 1 aliphatic heterocycles. The first kappa shape index (κ1) is 9.93. The number of hydrogen-bond acceptors (Lipinski definition) is 1. The van der Waals surface area contributed by atoms with Crippen molar-refractivity contribution in [2.24, 2.45) is 0 Å². The third kappa shape index (κ3) is 1.64. The molecule has 0 aliphatic carbocycles. The van der Waals surface area contributed by atoms with E-state index in [-0.39, 0.29) is 0 Å². The van der Waals surface area contributed by atoms with Crippen LogP contribution >= 0.6 is 0 Å². The number of benzene rings is 1. The van der Waals surface area contributed by atoms with Crippen molar-refractivity contribution < 1.29 is 4.43 Å². The highest BCUT2D eigenvalue weighted by Gasteiger charge is 2.38. The van der Waals surface area contributed by atoms with Gasteiger partial charge in [0.2, 0.25) is 8.32 Å². The molecule has 14 heavy (non-hydrogen) atoms. The molecule has 1 aliphatic rings. The maximum Gasteiger partial charge on any atom is 0.223 e. The molecule has 0 bridgehead atoms. The van der Waals surface area contributed by atoms with E-state index < -0.39 is 8.32 Å². The van der Waals surface area contributed by atoms with E-state index in [9.17, 15) is 0 Å². The molecule has 1 heterocycles. The van der Waals surface area contributed by atoms with Gasteiger partial charge < -0.3 is 4.43 Å². The van der Waals surface area contributed by atoms with Crippen molar-refractivity contribution in [2.75, 3.05) is 6.61 Å². The lowest BCUT2D eigenvalue weighted by atomic mass is 10.2. The van der Waals surface area contributed by atoms with Gasteiger partial charge >= 0.3 is 0 Å². The highest BCUT2D eigenvalue weighted by molar-refractivity contribution is 6.86. The van der Waals surface area contributed by atoms with E-state index in [2.05, 4.69) is 38.1 Å². The lowest BCUT2D eigenvalue weighted by Crippen LogP contribution is -2.46. The second-order valence-electron chi connectivity index (χ2n) is 4.17. The Balaban J connectivity index is 2.31. The molecule has 0 aromatic heterocycles. The summed E-state index contributed by atoms with van der Waals surface area (Å²) < 4.78 is 6.05. The van der Waals surface area contributed by atoms with Gasteiger partial charge in [-0.3, -0.25) is 0 Å². The van der Waals surface area contributed by atoms with Gasteiger partial charge in [0.1, 0.15) is 0 Å². The Bertz CT molecular complexity index is 299. The summed E-state index contributed by atoms with van der Waals surface area (Å²) in [5.41, 5.74) is 1.34. The van der Waals surface area contributed by atoms with Crippen LogP contribution in [0.4, 0.5) is 0 Å². The van der Waals surface area contributed by atoms with Crippen LogP contribution in [0.5, 0.6) is 0 Å². The molecule has 0 N–H and O–H groups in total. The maximum absolute atomic E-state index is 6.05. The first-order chi connectivity index (χ1) is 6.77. The van der Waals surface area contributed by atoms with Crippen molar-refractivity contribution in [3.05, 3.63) is 29.8 Å². The second-order valence-corrected chi connectivity index (χ2v) is 8.23. The molecule has 1 aromatic rings. The van der Waals surface area contributed by atoms with E-state index in [4.69, 9.17) is 4.43 Å². The molecular formula is C12H18OSi. The van der Waals surface area contributed by atoms with E-state index in [0.717, 1.165) is 6.61 Å². The third-order valence-electron chi connectivity index (χ3n) is 3.25. The van der Waals surface area contributed by atoms with Gasteiger partial charge in [-0.1, -0.05) is 36.8 Å². The number of aryl methyl sites for hydroxylation is 1. The normalized spacial score (nSPS) is 26.7. The fourth-order valence-corrected chi connectivity index (χ4v) is 5.86. The maximum atomic E-state index is 6.05. The van der Waals surface area contributed by atoms with Gasteiger partial charge in [-0.2, -0.15) is 0 Å². The minimum absolute atomic E-state index is 0.980. The summed E-state index contributed by atoms with van der Waals surface area (Å²) in [4.78, 5) is 0. The van der Waals surface area contributed by atoms with Gasteiger partial charge in [0.25, 0.3) is 0 Å². The zero-order valence-corrected chi connectivity index (χ0v) is 10.0. The predicted octanol–water partition coefficient (Wildman–Crippen LogP) is 2.59. The molecule has 1 atom stereocenters. The van der Waals surface area contributed by atoms with E-state index >= 15 is 0 Å². The summed E-state index contributed by atoms with van der Waals surface area (Å²) in [5, 5.41) is 1.49. The summed E-state index contributed by atoms with van der Waals surface area (Å²) in [5.74, 6) is 0. The number of hydrogen-bond donors (Lipinski definition) is 0. The Morgan fingerprint density at radius 3 is 2.50 bits per heavy atom. The van der Waals surface area contributed by atoms with Gasteiger partial charge in [-0.05, 0) is 30.6 Å². The third-order valence-corrected chi connectivity index (χ3v) is 7.70. The SMILES string of the molecule is CC[Si]1(c2ccc(C)cc2)CCCO1. The van der Waals surface area contributed by atoms with Crippen molar-refractivity contribution in [1.82, 2.24) is 0 Å². The van der Waals surface area contributed by atoms with Gasteiger partial charge in [-0.25, -0.2) is 0 Å². The van der Waals surface area contributed by atoms with Crippen LogP contribution in [0.25, 0.3) is 0 Å². The molecule has 0 amide bonds. The van der Waals surface area contributed by atoms with Gasteiger partial charge in [0.05, 0.1) is 0 Å². The monoisotopic (exact) mass is 206 g/mol. The highest BCUT2D eigenvalue weighted by atomic mass is 28.4. The van der Waals surface area contributed by atoms with Crippen LogP contribution < -0.4 is 5.19 Å². The summed E-state index contributed by atoms with van der Waals surface area (Å²) in [6.45, 7) is 5.39. The minimum atomic E-state index is -1.51. The molecular weight excluding hydrogens is 188 g/mol. The summed E-state index contributed by atoms with van der Waals surface area (Å²) >= 11 is 0. The van der Waals surface area contributed by atoms with E-state index in [1.165, 1.54) is 29.3 Å². The van der Waals surface area contributed by atoms with Crippen molar-refractivity contribution >= 4 is 13.5 Å². The smallest absolute Gasteiger partial charge is 0.223 e. The van der Waals surface area contributed by atoms with Crippen LogP contribution in [0.2, 0.25) is 12.1 Å². The summed E-state index contributed by atoms with van der Waals surface area (Å²) in [6, 6.07) is 11.5. The molecule has 0 radical (unpaired) electrons. The fourth-order valence-electron chi connectivity index (χ4n) is 2.27. The lowest BCUT2D eigenvalue weighted by molar-refractivity contribution is 0.350. The average molecular weight is 206 g/mol. The largest absolute Gasteiger partial charge is 0.412 e. The van der Waals surface area contributed by atoms with Crippen LogP contribution in [0, 0.1) is 6.92 Å². The van der Waals surface area contributed by atoms with Crippen LogP contribution in [0.1, 0.15) is 18.9 Å². The molecule has 1 fully saturated rings. The molecule has 1 unspecified atom stereocenters.